The summed E-state index contributed by atoms with van der Waals surface area (Å²) in [6.45, 7) is 7.96. The first-order chi connectivity index (χ1) is 12.9. The summed E-state index contributed by atoms with van der Waals surface area (Å²) >= 11 is 5.98. The van der Waals surface area contributed by atoms with Crippen molar-refractivity contribution in [2.45, 2.75) is 51.8 Å². The largest absolute Gasteiger partial charge is 0.444 e. The van der Waals surface area contributed by atoms with Crippen LogP contribution in [0.1, 0.15) is 45.7 Å². The molecule has 1 spiro atoms. The molecule has 2 aliphatic rings. The Balaban J connectivity index is 1.63. The molecular weight excluding hydrogens is 397 g/mol. The number of aromatic nitrogens is 2. The van der Waals surface area contributed by atoms with Crippen LogP contribution in [-0.4, -0.2) is 52.7 Å². The van der Waals surface area contributed by atoms with Gasteiger partial charge in [0, 0.05) is 26.2 Å². The number of halogens is 4. The molecule has 2 aliphatic heterocycles. The summed E-state index contributed by atoms with van der Waals surface area (Å²) in [6, 6.07) is 0. The number of ether oxygens (including phenoxy) is 1. The molecule has 3 rings (SSSR count). The molecule has 3 heterocycles. The van der Waals surface area contributed by atoms with Crippen LogP contribution in [-0.2, 0) is 10.9 Å². The summed E-state index contributed by atoms with van der Waals surface area (Å²) in [5.41, 5.74) is -1.64. The highest BCUT2D eigenvalue weighted by molar-refractivity contribution is 6.31. The third-order valence-corrected chi connectivity index (χ3v) is 5.47. The molecule has 2 saturated heterocycles. The van der Waals surface area contributed by atoms with Crippen molar-refractivity contribution in [3.8, 4) is 0 Å². The highest BCUT2D eigenvalue weighted by Gasteiger charge is 2.43. The number of carbonyl (C=O) groups excluding carboxylic acids is 1. The summed E-state index contributed by atoms with van der Waals surface area (Å²) in [4.78, 5) is 23.2. The third-order valence-electron chi connectivity index (χ3n) is 5.22. The van der Waals surface area contributed by atoms with E-state index in [4.69, 9.17) is 16.3 Å². The molecule has 1 aromatic rings. The van der Waals surface area contributed by atoms with E-state index >= 15 is 0 Å². The van der Waals surface area contributed by atoms with Crippen LogP contribution in [0.25, 0.3) is 0 Å². The van der Waals surface area contributed by atoms with Gasteiger partial charge in [0.05, 0.1) is 6.20 Å². The van der Waals surface area contributed by atoms with Gasteiger partial charge in [-0.2, -0.15) is 13.2 Å². The average Bonchev–Trinajstić information content (AvgIpc) is 2.96. The van der Waals surface area contributed by atoms with Crippen molar-refractivity contribution in [2.24, 2.45) is 5.41 Å². The number of anilines is 1. The zero-order valence-electron chi connectivity index (χ0n) is 16.1. The van der Waals surface area contributed by atoms with Crippen molar-refractivity contribution in [2.75, 3.05) is 31.1 Å². The Kier molecular flexibility index (Phi) is 5.42. The molecule has 1 amide bonds. The highest BCUT2D eigenvalue weighted by atomic mass is 35.5. The van der Waals surface area contributed by atoms with Crippen LogP contribution in [0.3, 0.4) is 0 Å². The van der Waals surface area contributed by atoms with Crippen molar-refractivity contribution in [3.63, 3.8) is 0 Å². The first-order valence-corrected chi connectivity index (χ1v) is 9.59. The Hall–Kier alpha value is -1.77. The molecule has 6 nitrogen and oxygen atoms in total. The minimum Gasteiger partial charge on any atom is -0.444 e. The number of hydrogen-bond donors (Lipinski definition) is 0. The Bertz CT molecular complexity index is 743. The number of amides is 1. The van der Waals surface area contributed by atoms with Gasteiger partial charge in [-0.3, -0.25) is 0 Å². The molecule has 28 heavy (non-hydrogen) atoms. The molecule has 0 N–H and O–H groups in total. The van der Waals surface area contributed by atoms with E-state index in [1.165, 1.54) is 0 Å². The predicted molar refractivity (Wildman–Crippen MR) is 98.3 cm³/mol. The first-order valence-electron chi connectivity index (χ1n) is 9.21. The molecular formula is C18H24ClF3N4O2. The minimum absolute atomic E-state index is 0.00772. The lowest BCUT2D eigenvalue weighted by Gasteiger charge is -2.39. The SMILES string of the molecule is CC(C)(C)OC(=O)N1CCC2(CC1)CCN(c1ncc(C(F)(F)F)nc1Cl)C2. The van der Waals surface area contributed by atoms with Gasteiger partial charge >= 0.3 is 12.3 Å². The van der Waals surface area contributed by atoms with Gasteiger partial charge in [-0.25, -0.2) is 14.8 Å². The summed E-state index contributed by atoms with van der Waals surface area (Å²) in [7, 11) is 0. The highest BCUT2D eigenvalue weighted by Crippen LogP contribution is 2.43. The lowest BCUT2D eigenvalue weighted by Crippen LogP contribution is -2.46. The second kappa shape index (κ2) is 7.24. The maximum atomic E-state index is 12.8. The quantitative estimate of drug-likeness (QED) is 0.675. The van der Waals surface area contributed by atoms with E-state index in [1.807, 2.05) is 25.7 Å². The van der Waals surface area contributed by atoms with Gasteiger partial charge in [0.15, 0.2) is 16.7 Å². The van der Waals surface area contributed by atoms with Crippen LogP contribution >= 0.6 is 11.6 Å². The zero-order chi connectivity index (χ0) is 20.7. The number of hydrogen-bond acceptors (Lipinski definition) is 5. The maximum Gasteiger partial charge on any atom is 0.434 e. The van der Waals surface area contributed by atoms with Gasteiger partial charge in [-0.15, -0.1) is 0 Å². The molecule has 0 unspecified atom stereocenters. The topological polar surface area (TPSA) is 58.6 Å². The molecule has 0 radical (unpaired) electrons. The van der Waals surface area contributed by atoms with Gasteiger partial charge < -0.3 is 14.5 Å². The van der Waals surface area contributed by atoms with Gasteiger partial charge in [-0.1, -0.05) is 11.6 Å². The Morgan fingerprint density at radius 2 is 1.79 bits per heavy atom. The second-order valence-electron chi connectivity index (χ2n) is 8.51. The minimum atomic E-state index is -4.57. The fraction of sp³-hybridized carbons (Fsp3) is 0.722. The van der Waals surface area contributed by atoms with Crippen LogP contribution in [0.2, 0.25) is 5.15 Å². The maximum absolute atomic E-state index is 12.8. The van der Waals surface area contributed by atoms with E-state index in [9.17, 15) is 18.0 Å². The average molecular weight is 421 g/mol. The van der Waals surface area contributed by atoms with Crippen molar-refractivity contribution >= 4 is 23.5 Å². The van der Waals surface area contributed by atoms with Gasteiger partial charge in [-0.05, 0) is 45.4 Å². The van der Waals surface area contributed by atoms with Gasteiger partial charge in [0.1, 0.15) is 5.60 Å². The van der Waals surface area contributed by atoms with Crippen LogP contribution < -0.4 is 4.90 Å². The monoisotopic (exact) mass is 420 g/mol. The molecule has 0 bridgehead atoms. The van der Waals surface area contributed by atoms with Gasteiger partial charge in [0.25, 0.3) is 0 Å². The van der Waals surface area contributed by atoms with Crippen LogP contribution in [0.5, 0.6) is 0 Å². The van der Waals surface area contributed by atoms with Crippen molar-refractivity contribution in [3.05, 3.63) is 17.0 Å². The molecule has 0 saturated carbocycles. The summed E-state index contributed by atoms with van der Waals surface area (Å²) in [5.74, 6) is 0.279. The van der Waals surface area contributed by atoms with Gasteiger partial charge in [0.2, 0.25) is 0 Å². The standard InChI is InChI=1S/C18H24ClF3N4O2/c1-16(2,3)28-15(27)25-7-4-17(5-8-25)6-9-26(11-17)14-13(19)24-12(10-23-14)18(20,21)22/h10H,4-9,11H2,1-3H3. The van der Waals surface area contributed by atoms with Crippen LogP contribution in [0.4, 0.5) is 23.8 Å². The van der Waals surface area contributed by atoms with E-state index in [0.717, 1.165) is 25.5 Å². The lowest BCUT2D eigenvalue weighted by atomic mass is 9.78. The summed E-state index contributed by atoms with van der Waals surface area (Å²) in [5, 5.41) is -0.238. The molecule has 2 fully saturated rings. The fourth-order valence-electron chi connectivity index (χ4n) is 3.72. The number of rotatable bonds is 1. The normalized spacial score (nSPS) is 20.0. The Morgan fingerprint density at radius 1 is 1.18 bits per heavy atom. The van der Waals surface area contributed by atoms with E-state index < -0.39 is 17.5 Å². The van der Waals surface area contributed by atoms with Crippen LogP contribution in [0, 0.1) is 5.41 Å². The smallest absolute Gasteiger partial charge is 0.434 e. The Morgan fingerprint density at radius 3 is 2.32 bits per heavy atom. The van der Waals surface area contributed by atoms with Crippen molar-refractivity contribution in [1.82, 2.24) is 14.9 Å². The molecule has 156 valence electrons. The summed E-state index contributed by atoms with van der Waals surface area (Å²) in [6.07, 6.45) is -1.70. The van der Waals surface area contributed by atoms with Crippen LogP contribution in [0.15, 0.2) is 6.20 Å². The van der Waals surface area contributed by atoms with E-state index in [2.05, 4.69) is 9.97 Å². The van der Waals surface area contributed by atoms with Crippen molar-refractivity contribution < 1.29 is 22.7 Å². The molecule has 10 heteroatoms. The predicted octanol–water partition coefficient (Wildman–Crippen LogP) is 4.38. The number of carbonyl (C=O) groups is 1. The summed E-state index contributed by atoms with van der Waals surface area (Å²) < 4.78 is 43.7. The lowest BCUT2D eigenvalue weighted by molar-refractivity contribution is -0.141. The van der Waals surface area contributed by atoms with E-state index in [0.29, 0.717) is 26.2 Å². The first kappa shape index (κ1) is 21.0. The molecule has 0 aromatic carbocycles. The van der Waals surface area contributed by atoms with Crippen molar-refractivity contribution in [1.29, 1.82) is 0 Å². The van der Waals surface area contributed by atoms with E-state index in [1.54, 1.807) is 4.90 Å². The Labute approximate surface area is 167 Å². The number of alkyl halides is 3. The molecule has 0 atom stereocenters. The van der Waals surface area contributed by atoms with E-state index in [-0.39, 0.29) is 22.5 Å². The molecule has 1 aromatic heterocycles. The second-order valence-corrected chi connectivity index (χ2v) is 8.86. The fourth-order valence-corrected chi connectivity index (χ4v) is 3.98. The number of likely N-dealkylation sites (tertiary alicyclic amines) is 1. The third kappa shape index (κ3) is 4.61. The number of nitrogens with zero attached hydrogens (tertiary/aromatic N) is 4. The zero-order valence-corrected chi connectivity index (χ0v) is 16.9. The number of piperidine rings is 1. The molecule has 0 aliphatic carbocycles.